The third-order valence-electron chi connectivity index (χ3n) is 1.84. The second kappa shape index (κ2) is 4.08. The minimum Gasteiger partial charge on any atom is -0.179 e. The van der Waals surface area contributed by atoms with Crippen molar-refractivity contribution in [1.29, 1.82) is 0 Å². The molecule has 0 unspecified atom stereocenters. The summed E-state index contributed by atoms with van der Waals surface area (Å²) < 4.78 is 0.167. The lowest BCUT2D eigenvalue weighted by Crippen LogP contribution is -2.19. The second-order valence-corrected chi connectivity index (χ2v) is 6.16. The monoisotopic (exact) mass is 192 g/mol. The summed E-state index contributed by atoms with van der Waals surface area (Å²) in [6.07, 6.45) is 2.36. The van der Waals surface area contributed by atoms with Gasteiger partial charge in [0.2, 0.25) is 0 Å². The Labute approximate surface area is 82.0 Å². The zero-order chi connectivity index (χ0) is 9.12. The van der Waals surface area contributed by atoms with Crippen molar-refractivity contribution >= 4 is 25.3 Å². The molecule has 0 aromatic rings. The van der Waals surface area contributed by atoms with Gasteiger partial charge in [-0.15, -0.1) is 0 Å². The average molecular weight is 192 g/mol. The predicted octanol–water partition coefficient (Wildman–Crippen LogP) is 3.43. The molecule has 0 aromatic heterocycles. The van der Waals surface area contributed by atoms with Gasteiger partial charge in [0.05, 0.1) is 0 Å². The maximum Gasteiger partial charge on any atom is 0.00733 e. The van der Waals surface area contributed by atoms with Crippen LogP contribution in [-0.2, 0) is 0 Å². The third-order valence-corrected chi connectivity index (χ3v) is 2.92. The fourth-order valence-corrected chi connectivity index (χ4v) is 0.993. The first-order valence-corrected chi connectivity index (χ1v) is 5.18. The summed E-state index contributed by atoms with van der Waals surface area (Å²) in [6.45, 7) is 8.81. The van der Waals surface area contributed by atoms with E-state index in [9.17, 15) is 0 Å². The van der Waals surface area contributed by atoms with E-state index >= 15 is 0 Å². The maximum atomic E-state index is 4.48. The molecule has 0 fully saturated rings. The average Bonchev–Trinajstić information content (AvgIpc) is 1.83. The molecule has 0 heterocycles. The molecule has 2 heteroatoms. The first kappa shape index (κ1) is 11.7. The zero-order valence-corrected chi connectivity index (χ0v) is 9.80. The van der Waals surface area contributed by atoms with Crippen LogP contribution in [0.4, 0.5) is 0 Å². The topological polar surface area (TPSA) is 0 Å². The van der Waals surface area contributed by atoms with E-state index in [2.05, 4.69) is 53.0 Å². The minimum atomic E-state index is 0.167. The van der Waals surface area contributed by atoms with E-state index in [-0.39, 0.29) is 4.75 Å². The van der Waals surface area contributed by atoms with Crippen LogP contribution in [-0.4, -0.2) is 10.5 Å². The fourth-order valence-electron chi connectivity index (χ4n) is 0.723. The first-order chi connectivity index (χ1) is 4.77. The van der Waals surface area contributed by atoms with Gasteiger partial charge < -0.3 is 0 Å². The van der Waals surface area contributed by atoms with Crippen molar-refractivity contribution in [1.82, 2.24) is 0 Å². The predicted molar refractivity (Wildman–Crippen MR) is 59.9 cm³/mol. The molecule has 0 rings (SSSR count). The van der Waals surface area contributed by atoms with Crippen LogP contribution in [0.3, 0.4) is 0 Å². The SMILES string of the molecule is CC(C)(S)CCC(C)(C)CS. The third kappa shape index (κ3) is 7.07. The van der Waals surface area contributed by atoms with Gasteiger partial charge in [0.1, 0.15) is 0 Å². The van der Waals surface area contributed by atoms with Gasteiger partial charge in [-0.3, -0.25) is 0 Å². The molecule has 0 aliphatic carbocycles. The molecule has 0 bridgehead atoms. The molecule has 68 valence electrons. The first-order valence-electron chi connectivity index (χ1n) is 4.10. The lowest BCUT2D eigenvalue weighted by atomic mass is 9.87. The molecule has 0 nitrogen and oxygen atoms in total. The Kier molecular flexibility index (Phi) is 4.34. The van der Waals surface area contributed by atoms with E-state index in [0.717, 1.165) is 12.2 Å². The van der Waals surface area contributed by atoms with Gasteiger partial charge in [0.25, 0.3) is 0 Å². The van der Waals surface area contributed by atoms with Crippen LogP contribution < -0.4 is 0 Å². The Morgan fingerprint density at radius 1 is 1.00 bits per heavy atom. The molecule has 0 saturated heterocycles. The van der Waals surface area contributed by atoms with Crippen LogP contribution in [0, 0.1) is 5.41 Å². The standard InChI is InChI=1S/C9H20S2/c1-8(2,7-10)5-6-9(3,4)11/h10-11H,5-7H2,1-4H3. The van der Waals surface area contributed by atoms with Crippen molar-refractivity contribution < 1.29 is 0 Å². The highest BCUT2D eigenvalue weighted by Crippen LogP contribution is 2.29. The van der Waals surface area contributed by atoms with Crippen molar-refractivity contribution in [2.24, 2.45) is 5.41 Å². The van der Waals surface area contributed by atoms with Crippen molar-refractivity contribution in [2.75, 3.05) is 5.75 Å². The lowest BCUT2D eigenvalue weighted by Gasteiger charge is -2.26. The Bertz CT molecular complexity index is 111. The molecule has 0 aliphatic heterocycles. The normalized spacial score (nSPS) is 13.6. The molecule has 0 aromatic carbocycles. The highest BCUT2D eigenvalue weighted by Gasteiger charge is 2.20. The number of hydrogen-bond acceptors (Lipinski definition) is 2. The van der Waals surface area contributed by atoms with Crippen molar-refractivity contribution in [3.05, 3.63) is 0 Å². The smallest absolute Gasteiger partial charge is 0.00733 e. The summed E-state index contributed by atoms with van der Waals surface area (Å²) in [4.78, 5) is 0. The van der Waals surface area contributed by atoms with Gasteiger partial charge in [0, 0.05) is 4.75 Å². The van der Waals surface area contributed by atoms with Gasteiger partial charge >= 0.3 is 0 Å². The Hall–Kier alpha value is 0.700. The van der Waals surface area contributed by atoms with E-state index in [4.69, 9.17) is 0 Å². The highest BCUT2D eigenvalue weighted by molar-refractivity contribution is 7.81. The largest absolute Gasteiger partial charge is 0.179 e. The summed E-state index contributed by atoms with van der Waals surface area (Å²) in [5.74, 6) is 0.955. The lowest BCUT2D eigenvalue weighted by molar-refractivity contribution is 0.357. The molecular weight excluding hydrogens is 172 g/mol. The molecule has 0 spiro atoms. The Balaban J connectivity index is 3.70. The van der Waals surface area contributed by atoms with E-state index in [1.165, 1.54) is 6.42 Å². The van der Waals surface area contributed by atoms with Gasteiger partial charge in [0.15, 0.2) is 0 Å². The fraction of sp³-hybridized carbons (Fsp3) is 1.00. The molecule has 11 heavy (non-hydrogen) atoms. The molecule has 0 amide bonds. The van der Waals surface area contributed by atoms with Crippen molar-refractivity contribution in [3.63, 3.8) is 0 Å². The van der Waals surface area contributed by atoms with Crippen LogP contribution >= 0.6 is 25.3 Å². The summed E-state index contributed by atoms with van der Waals surface area (Å²) in [5, 5.41) is 0. The van der Waals surface area contributed by atoms with Crippen LogP contribution in [0.15, 0.2) is 0 Å². The summed E-state index contributed by atoms with van der Waals surface area (Å²) in [7, 11) is 0. The second-order valence-electron chi connectivity index (χ2n) is 4.63. The maximum absolute atomic E-state index is 4.48. The minimum absolute atomic E-state index is 0.167. The summed E-state index contributed by atoms with van der Waals surface area (Å²) in [5.41, 5.74) is 0.364. The van der Waals surface area contributed by atoms with Gasteiger partial charge in [-0.25, -0.2) is 0 Å². The van der Waals surface area contributed by atoms with Crippen LogP contribution in [0.1, 0.15) is 40.5 Å². The van der Waals surface area contributed by atoms with Gasteiger partial charge in [-0.1, -0.05) is 27.7 Å². The molecule has 0 N–H and O–H groups in total. The molecule has 0 saturated carbocycles. The number of hydrogen-bond donors (Lipinski definition) is 2. The van der Waals surface area contributed by atoms with Crippen molar-refractivity contribution in [2.45, 2.75) is 45.3 Å². The van der Waals surface area contributed by atoms with E-state index in [0.29, 0.717) is 5.41 Å². The van der Waals surface area contributed by atoms with E-state index in [1.54, 1.807) is 0 Å². The molecule has 0 atom stereocenters. The summed E-state index contributed by atoms with van der Waals surface area (Å²) in [6, 6.07) is 0. The molecular formula is C9H20S2. The van der Waals surface area contributed by atoms with Crippen molar-refractivity contribution in [3.8, 4) is 0 Å². The van der Waals surface area contributed by atoms with E-state index in [1.807, 2.05) is 0 Å². The number of thiol groups is 2. The van der Waals surface area contributed by atoms with E-state index < -0.39 is 0 Å². The quantitative estimate of drug-likeness (QED) is 0.627. The Morgan fingerprint density at radius 3 is 1.73 bits per heavy atom. The number of rotatable bonds is 4. The van der Waals surface area contributed by atoms with Gasteiger partial charge in [-0.05, 0) is 24.0 Å². The molecule has 0 aliphatic rings. The van der Waals surface area contributed by atoms with Crippen LogP contribution in [0.5, 0.6) is 0 Å². The molecule has 0 radical (unpaired) electrons. The van der Waals surface area contributed by atoms with Crippen LogP contribution in [0.2, 0.25) is 0 Å². The van der Waals surface area contributed by atoms with Gasteiger partial charge in [-0.2, -0.15) is 25.3 Å². The Morgan fingerprint density at radius 2 is 1.45 bits per heavy atom. The highest BCUT2D eigenvalue weighted by atomic mass is 32.1. The van der Waals surface area contributed by atoms with Crippen LogP contribution in [0.25, 0.3) is 0 Å². The zero-order valence-electron chi connectivity index (χ0n) is 8.02. The summed E-state index contributed by atoms with van der Waals surface area (Å²) >= 11 is 8.79.